The van der Waals surface area contributed by atoms with Crippen LogP contribution in [0.1, 0.15) is 24.4 Å². The van der Waals surface area contributed by atoms with Gasteiger partial charge in [-0.1, -0.05) is 42.5 Å². The van der Waals surface area contributed by atoms with Gasteiger partial charge < -0.3 is 4.90 Å². The van der Waals surface area contributed by atoms with Gasteiger partial charge in [0, 0.05) is 6.54 Å². The second-order valence-electron chi connectivity index (χ2n) is 5.48. The summed E-state index contributed by atoms with van der Waals surface area (Å²) in [6.07, 6.45) is 4.29. The summed E-state index contributed by atoms with van der Waals surface area (Å²) in [6, 6.07) is 19.2. The average molecular weight is 275 g/mol. The van der Waals surface area contributed by atoms with Crippen LogP contribution in [0.2, 0.25) is 0 Å². The van der Waals surface area contributed by atoms with Crippen LogP contribution in [0.3, 0.4) is 0 Å². The molecule has 0 N–H and O–H groups in total. The fourth-order valence-corrected chi connectivity index (χ4v) is 3.15. The summed E-state index contributed by atoms with van der Waals surface area (Å²) in [7, 11) is 0. The lowest BCUT2D eigenvalue weighted by Gasteiger charge is -2.26. The maximum atomic E-state index is 4.80. The van der Waals surface area contributed by atoms with Crippen molar-refractivity contribution in [2.24, 2.45) is 0 Å². The Labute approximate surface area is 124 Å². The van der Waals surface area contributed by atoms with E-state index in [9.17, 15) is 0 Å². The van der Waals surface area contributed by atoms with Crippen molar-refractivity contribution in [1.82, 2.24) is 9.97 Å². The van der Waals surface area contributed by atoms with Crippen LogP contribution in [0.25, 0.3) is 11.0 Å². The molecule has 4 rings (SSSR count). The number of fused-ring (bicyclic) bond motifs is 1. The van der Waals surface area contributed by atoms with E-state index in [1.807, 2.05) is 30.5 Å². The number of hydrogen-bond donors (Lipinski definition) is 0. The summed E-state index contributed by atoms with van der Waals surface area (Å²) in [6.45, 7) is 1.05. The normalized spacial score (nSPS) is 18.3. The molecule has 2 heterocycles. The van der Waals surface area contributed by atoms with Crippen molar-refractivity contribution in [2.45, 2.75) is 18.9 Å². The Morgan fingerprint density at radius 3 is 2.52 bits per heavy atom. The lowest BCUT2D eigenvalue weighted by molar-refractivity contribution is 0.711. The van der Waals surface area contributed by atoms with Gasteiger partial charge in [0.05, 0.1) is 23.3 Å². The second-order valence-corrected chi connectivity index (χ2v) is 5.48. The van der Waals surface area contributed by atoms with E-state index in [2.05, 4.69) is 40.2 Å². The molecular weight excluding hydrogens is 258 g/mol. The highest BCUT2D eigenvalue weighted by molar-refractivity contribution is 5.75. The van der Waals surface area contributed by atoms with Crippen LogP contribution in [0, 0.1) is 0 Å². The second kappa shape index (κ2) is 5.17. The van der Waals surface area contributed by atoms with E-state index in [0.29, 0.717) is 6.04 Å². The summed E-state index contributed by atoms with van der Waals surface area (Å²) in [5.74, 6) is 0.986. The van der Waals surface area contributed by atoms with Gasteiger partial charge in [0.1, 0.15) is 5.82 Å². The Morgan fingerprint density at radius 1 is 0.905 bits per heavy atom. The van der Waals surface area contributed by atoms with Crippen LogP contribution in [0.15, 0.2) is 60.8 Å². The zero-order valence-electron chi connectivity index (χ0n) is 11.8. The quantitative estimate of drug-likeness (QED) is 0.708. The molecular formula is C18H17N3. The standard InChI is InChI=1S/C18H17N3/c1-2-7-14(8-3-1)17-11-6-12-21(17)18-13-19-15-9-4-5-10-16(15)20-18/h1-5,7-10,13,17H,6,11-12H2. The maximum Gasteiger partial charge on any atom is 0.148 e. The first-order valence-corrected chi connectivity index (χ1v) is 7.45. The van der Waals surface area contributed by atoms with Gasteiger partial charge in [0.2, 0.25) is 0 Å². The first kappa shape index (κ1) is 12.3. The number of benzene rings is 2. The van der Waals surface area contributed by atoms with Crippen LogP contribution in [0.4, 0.5) is 5.82 Å². The minimum atomic E-state index is 0.418. The molecule has 3 heteroatoms. The van der Waals surface area contributed by atoms with E-state index in [-0.39, 0.29) is 0 Å². The summed E-state index contributed by atoms with van der Waals surface area (Å²) >= 11 is 0. The Hall–Kier alpha value is -2.42. The van der Waals surface area contributed by atoms with Gasteiger partial charge in [0.15, 0.2) is 0 Å². The monoisotopic (exact) mass is 275 g/mol. The highest BCUT2D eigenvalue weighted by Gasteiger charge is 2.27. The molecule has 0 aliphatic carbocycles. The van der Waals surface area contributed by atoms with Gasteiger partial charge in [-0.3, -0.25) is 4.98 Å². The summed E-state index contributed by atoms with van der Waals surface area (Å²) in [5, 5.41) is 0. The minimum Gasteiger partial charge on any atom is -0.348 e. The number of anilines is 1. The summed E-state index contributed by atoms with van der Waals surface area (Å²) in [4.78, 5) is 11.7. The fraction of sp³-hybridized carbons (Fsp3) is 0.222. The molecule has 1 saturated heterocycles. The molecule has 3 aromatic rings. The number of nitrogens with zero attached hydrogens (tertiary/aromatic N) is 3. The molecule has 0 amide bonds. The molecule has 1 fully saturated rings. The van der Waals surface area contributed by atoms with E-state index in [1.54, 1.807) is 0 Å². The SMILES string of the molecule is c1ccc(C2CCCN2c2cnc3ccccc3n2)cc1. The third-order valence-electron chi connectivity index (χ3n) is 4.17. The Kier molecular flexibility index (Phi) is 3.03. The van der Waals surface area contributed by atoms with E-state index >= 15 is 0 Å². The molecule has 1 aliphatic heterocycles. The lowest BCUT2D eigenvalue weighted by atomic mass is 10.0. The lowest BCUT2D eigenvalue weighted by Crippen LogP contribution is -2.23. The van der Waals surface area contributed by atoms with E-state index in [4.69, 9.17) is 4.98 Å². The van der Waals surface area contributed by atoms with Crippen molar-refractivity contribution in [3.63, 3.8) is 0 Å². The zero-order chi connectivity index (χ0) is 14.1. The van der Waals surface area contributed by atoms with Crippen LogP contribution in [0.5, 0.6) is 0 Å². The van der Waals surface area contributed by atoms with Crippen molar-refractivity contribution in [2.75, 3.05) is 11.4 Å². The number of hydrogen-bond acceptors (Lipinski definition) is 3. The van der Waals surface area contributed by atoms with Crippen molar-refractivity contribution in [1.29, 1.82) is 0 Å². The predicted octanol–water partition coefficient (Wildman–Crippen LogP) is 3.97. The first-order chi connectivity index (χ1) is 10.4. The third kappa shape index (κ3) is 2.25. The average Bonchev–Trinajstić information content (AvgIpc) is 3.05. The number of para-hydroxylation sites is 2. The molecule has 0 saturated carbocycles. The number of aromatic nitrogens is 2. The fourth-order valence-electron chi connectivity index (χ4n) is 3.15. The van der Waals surface area contributed by atoms with Crippen LogP contribution >= 0.6 is 0 Å². The Balaban J connectivity index is 1.73. The zero-order valence-corrected chi connectivity index (χ0v) is 11.8. The summed E-state index contributed by atoms with van der Waals surface area (Å²) < 4.78 is 0. The molecule has 2 aromatic carbocycles. The van der Waals surface area contributed by atoms with Gasteiger partial charge in [-0.2, -0.15) is 0 Å². The van der Waals surface area contributed by atoms with Gasteiger partial charge in [-0.05, 0) is 30.5 Å². The largest absolute Gasteiger partial charge is 0.348 e. The molecule has 0 bridgehead atoms. The van der Waals surface area contributed by atoms with Crippen LogP contribution < -0.4 is 4.90 Å². The molecule has 1 aromatic heterocycles. The molecule has 0 radical (unpaired) electrons. The highest BCUT2D eigenvalue weighted by atomic mass is 15.2. The molecule has 104 valence electrons. The van der Waals surface area contributed by atoms with Crippen molar-refractivity contribution in [3.8, 4) is 0 Å². The van der Waals surface area contributed by atoms with Gasteiger partial charge in [-0.15, -0.1) is 0 Å². The molecule has 1 aliphatic rings. The van der Waals surface area contributed by atoms with Gasteiger partial charge in [-0.25, -0.2) is 4.98 Å². The van der Waals surface area contributed by atoms with E-state index in [1.165, 1.54) is 18.4 Å². The minimum absolute atomic E-state index is 0.418. The topological polar surface area (TPSA) is 29.0 Å². The van der Waals surface area contributed by atoms with Crippen molar-refractivity contribution >= 4 is 16.9 Å². The maximum absolute atomic E-state index is 4.80. The third-order valence-corrected chi connectivity index (χ3v) is 4.17. The summed E-state index contributed by atoms with van der Waals surface area (Å²) in [5.41, 5.74) is 3.29. The highest BCUT2D eigenvalue weighted by Crippen LogP contribution is 2.35. The Morgan fingerprint density at radius 2 is 1.67 bits per heavy atom. The van der Waals surface area contributed by atoms with Crippen LogP contribution in [-0.4, -0.2) is 16.5 Å². The van der Waals surface area contributed by atoms with Gasteiger partial charge in [0.25, 0.3) is 0 Å². The number of rotatable bonds is 2. The van der Waals surface area contributed by atoms with E-state index in [0.717, 1.165) is 23.4 Å². The first-order valence-electron chi connectivity index (χ1n) is 7.45. The molecule has 1 atom stereocenters. The molecule has 3 nitrogen and oxygen atoms in total. The van der Waals surface area contributed by atoms with Gasteiger partial charge >= 0.3 is 0 Å². The molecule has 0 spiro atoms. The molecule has 21 heavy (non-hydrogen) atoms. The van der Waals surface area contributed by atoms with Crippen molar-refractivity contribution in [3.05, 3.63) is 66.4 Å². The van der Waals surface area contributed by atoms with Crippen molar-refractivity contribution < 1.29 is 0 Å². The predicted molar refractivity (Wildman–Crippen MR) is 85.3 cm³/mol. The van der Waals surface area contributed by atoms with E-state index < -0.39 is 0 Å². The van der Waals surface area contributed by atoms with Crippen LogP contribution in [-0.2, 0) is 0 Å². The molecule has 1 unspecified atom stereocenters. The Bertz CT molecular complexity index is 755. The smallest absolute Gasteiger partial charge is 0.148 e.